The summed E-state index contributed by atoms with van der Waals surface area (Å²) < 4.78 is 38.2. The summed E-state index contributed by atoms with van der Waals surface area (Å²) in [6.07, 6.45) is 2.16. The molecule has 1 heterocycles. The number of halogens is 5. The van der Waals surface area contributed by atoms with Crippen molar-refractivity contribution in [3.8, 4) is 0 Å². The standard InChI is InChI=1S/C23H17F3N.2ClH.Cr/c1-15-18(14-16-7-10-19(11-8-16)23(24,25)26)9-12-20(15)21-6-2-4-17-5-3-13-27-22(17)21;;;/h2-8,10-11,13H,12,14H2,1H3;2*1H;/q-1;;;+3/p-2. The van der Waals surface area contributed by atoms with Gasteiger partial charge in [0, 0.05) is 11.6 Å². The second-order valence-electron chi connectivity index (χ2n) is 6.69. The molecule has 0 fully saturated rings. The summed E-state index contributed by atoms with van der Waals surface area (Å²) >= 11 is 0. The maximum atomic E-state index is 12.7. The Bertz CT molecular complexity index is 1070. The van der Waals surface area contributed by atoms with E-state index in [2.05, 4.69) is 24.1 Å². The van der Waals surface area contributed by atoms with Gasteiger partial charge in [-0.25, -0.2) is 5.57 Å². The molecule has 1 aliphatic carbocycles. The molecule has 0 unspecified atom stereocenters. The van der Waals surface area contributed by atoms with Crippen LogP contribution in [-0.2, 0) is 30.0 Å². The summed E-state index contributed by atoms with van der Waals surface area (Å²) in [4.78, 5) is 4.52. The van der Waals surface area contributed by atoms with E-state index in [0.29, 0.717) is 12.8 Å². The largest absolute Gasteiger partial charge is 3.00 e. The minimum atomic E-state index is -4.30. The van der Waals surface area contributed by atoms with E-state index in [9.17, 15) is 13.2 Å². The molecule has 0 saturated heterocycles. The molecule has 7 heteroatoms. The van der Waals surface area contributed by atoms with Crippen molar-refractivity contribution in [2.75, 3.05) is 0 Å². The number of hydrogen-bond donors (Lipinski definition) is 0. The first-order valence-electron chi connectivity index (χ1n) is 8.73. The molecule has 0 N–H and O–H groups in total. The van der Waals surface area contributed by atoms with Crippen molar-refractivity contribution >= 4 is 16.5 Å². The smallest absolute Gasteiger partial charge is 1.00 e. The predicted octanol–water partition coefficient (Wildman–Crippen LogP) is 0.409. The molecule has 0 aliphatic heterocycles. The Kier molecular flexibility index (Phi) is 9.20. The Morgan fingerprint density at radius 1 is 0.967 bits per heavy atom. The van der Waals surface area contributed by atoms with Crippen LogP contribution in [0, 0.1) is 6.08 Å². The van der Waals surface area contributed by atoms with E-state index in [-0.39, 0.29) is 42.2 Å². The monoisotopic (exact) mass is 486 g/mol. The Balaban J connectivity index is 0.00000150. The van der Waals surface area contributed by atoms with E-state index >= 15 is 0 Å². The number of rotatable bonds is 3. The maximum absolute atomic E-state index is 12.7. The van der Waals surface area contributed by atoms with Crippen LogP contribution in [0.5, 0.6) is 0 Å². The van der Waals surface area contributed by atoms with Gasteiger partial charge in [-0.15, -0.1) is 18.9 Å². The van der Waals surface area contributed by atoms with Gasteiger partial charge in [0.05, 0.1) is 11.1 Å². The van der Waals surface area contributed by atoms with Crippen LogP contribution in [0.3, 0.4) is 0 Å². The molecule has 0 spiro atoms. The van der Waals surface area contributed by atoms with E-state index in [0.717, 1.165) is 45.3 Å². The van der Waals surface area contributed by atoms with E-state index in [4.69, 9.17) is 0 Å². The predicted molar refractivity (Wildman–Crippen MR) is 101 cm³/mol. The third-order valence-electron chi connectivity index (χ3n) is 5.00. The van der Waals surface area contributed by atoms with E-state index in [1.54, 1.807) is 18.3 Å². The number of pyridine rings is 1. The van der Waals surface area contributed by atoms with Crippen molar-refractivity contribution in [1.82, 2.24) is 4.98 Å². The van der Waals surface area contributed by atoms with Crippen LogP contribution in [0.25, 0.3) is 16.5 Å². The summed E-state index contributed by atoms with van der Waals surface area (Å²) in [7, 11) is 0. The summed E-state index contributed by atoms with van der Waals surface area (Å²) in [6, 6.07) is 15.4. The van der Waals surface area contributed by atoms with E-state index in [1.165, 1.54) is 5.57 Å². The minimum Gasteiger partial charge on any atom is -1.00 e. The molecule has 4 rings (SSSR count). The SMILES string of the molecule is CC1=C(c2cccc3cccnc23)C[C-]=C1Cc1ccc(C(F)(F)F)cc1.[Cl-].[Cl-].[Cr+3]. The van der Waals surface area contributed by atoms with Gasteiger partial charge in [-0.1, -0.05) is 36.4 Å². The number of para-hydroxylation sites is 1. The van der Waals surface area contributed by atoms with Gasteiger partial charge in [-0.3, -0.25) is 11.1 Å². The molecule has 155 valence electrons. The zero-order valence-corrected chi connectivity index (χ0v) is 18.7. The maximum Gasteiger partial charge on any atom is 3.00 e. The van der Waals surface area contributed by atoms with Crippen molar-refractivity contribution in [2.45, 2.75) is 25.9 Å². The summed E-state index contributed by atoms with van der Waals surface area (Å²) in [5, 5.41) is 1.09. The van der Waals surface area contributed by atoms with Crippen molar-refractivity contribution < 1.29 is 55.3 Å². The number of hydrogen-bond acceptors (Lipinski definition) is 1. The number of allylic oxidation sites excluding steroid dienone is 4. The fourth-order valence-electron chi connectivity index (χ4n) is 3.50. The van der Waals surface area contributed by atoms with Crippen LogP contribution >= 0.6 is 0 Å². The molecule has 1 nitrogen and oxygen atoms in total. The Hall–Kier alpha value is -1.77. The molecule has 1 aliphatic rings. The second-order valence-corrected chi connectivity index (χ2v) is 6.69. The normalized spacial score (nSPS) is 13.3. The van der Waals surface area contributed by atoms with Crippen LogP contribution < -0.4 is 24.8 Å². The first-order valence-corrected chi connectivity index (χ1v) is 8.73. The molecule has 0 saturated carbocycles. The Morgan fingerprint density at radius 2 is 1.63 bits per heavy atom. The van der Waals surface area contributed by atoms with E-state index < -0.39 is 11.7 Å². The van der Waals surface area contributed by atoms with Gasteiger partial charge in [0.15, 0.2) is 0 Å². The van der Waals surface area contributed by atoms with Crippen LogP contribution in [0.2, 0.25) is 0 Å². The molecule has 1 aromatic heterocycles. The quantitative estimate of drug-likeness (QED) is 0.488. The molecule has 3 aromatic rings. The van der Waals surface area contributed by atoms with Gasteiger partial charge in [-0.2, -0.15) is 18.7 Å². The van der Waals surface area contributed by atoms with Crippen molar-refractivity contribution in [1.29, 1.82) is 0 Å². The second kappa shape index (κ2) is 10.5. The average molecular weight is 487 g/mol. The van der Waals surface area contributed by atoms with Crippen LogP contribution in [0.15, 0.2) is 71.9 Å². The van der Waals surface area contributed by atoms with Gasteiger partial charge in [-0.05, 0) is 35.7 Å². The third-order valence-corrected chi connectivity index (χ3v) is 5.00. The molecule has 2 aromatic carbocycles. The molecule has 0 bridgehead atoms. The summed E-state index contributed by atoms with van der Waals surface area (Å²) in [5.41, 5.74) is 5.65. The first-order chi connectivity index (χ1) is 12.9. The van der Waals surface area contributed by atoms with E-state index in [1.807, 2.05) is 24.3 Å². The van der Waals surface area contributed by atoms with Crippen molar-refractivity contribution in [3.63, 3.8) is 0 Å². The van der Waals surface area contributed by atoms with Gasteiger partial charge >= 0.3 is 23.5 Å². The topological polar surface area (TPSA) is 12.9 Å². The number of fused-ring (bicyclic) bond motifs is 1. The first kappa shape index (κ1) is 26.3. The van der Waals surface area contributed by atoms with Gasteiger partial charge in [0.25, 0.3) is 0 Å². The number of alkyl halides is 3. The molecule has 30 heavy (non-hydrogen) atoms. The summed E-state index contributed by atoms with van der Waals surface area (Å²) in [6.45, 7) is 2.05. The minimum absolute atomic E-state index is 0. The van der Waals surface area contributed by atoms with Crippen LogP contribution in [0.4, 0.5) is 13.2 Å². The van der Waals surface area contributed by atoms with Gasteiger partial charge < -0.3 is 24.8 Å². The zero-order valence-electron chi connectivity index (χ0n) is 15.9. The van der Waals surface area contributed by atoms with Crippen LogP contribution in [-0.4, -0.2) is 4.98 Å². The number of nitrogens with zero attached hydrogens (tertiary/aromatic N) is 1. The van der Waals surface area contributed by atoms with Gasteiger partial charge in [0.1, 0.15) is 0 Å². The van der Waals surface area contributed by atoms with Gasteiger partial charge in [0.2, 0.25) is 0 Å². The van der Waals surface area contributed by atoms with Crippen molar-refractivity contribution in [3.05, 3.63) is 94.7 Å². The zero-order chi connectivity index (χ0) is 19.0. The fraction of sp³-hybridized carbons (Fsp3) is 0.174. The fourth-order valence-corrected chi connectivity index (χ4v) is 3.50. The molecule has 0 atom stereocenters. The number of benzene rings is 2. The number of aromatic nitrogens is 1. The third kappa shape index (κ3) is 5.28. The Morgan fingerprint density at radius 3 is 2.30 bits per heavy atom. The molecular weight excluding hydrogens is 470 g/mol. The van der Waals surface area contributed by atoms with Crippen LogP contribution in [0.1, 0.15) is 30.0 Å². The molecule has 0 amide bonds. The summed E-state index contributed by atoms with van der Waals surface area (Å²) in [5.74, 6) is 0. The Labute approximate surface area is 197 Å². The van der Waals surface area contributed by atoms with Crippen molar-refractivity contribution in [2.24, 2.45) is 0 Å². The average Bonchev–Trinajstić information content (AvgIpc) is 3.01. The molecular formula is C23H17Cl2CrF3N. The molecule has 1 radical (unpaired) electrons.